The summed E-state index contributed by atoms with van der Waals surface area (Å²) in [6, 6.07) is 3.47. The largest absolute Gasteiger partial charge is 0.490 e. The first-order chi connectivity index (χ1) is 8.95. The van der Waals surface area contributed by atoms with Gasteiger partial charge in [-0.05, 0) is 26.0 Å². The number of ether oxygens (including phenoxy) is 1. The molecule has 1 atom stereocenters. The summed E-state index contributed by atoms with van der Waals surface area (Å²) in [4.78, 5) is 22.4. The van der Waals surface area contributed by atoms with Crippen molar-refractivity contribution in [3.63, 3.8) is 0 Å². The molecule has 0 fully saturated rings. The van der Waals surface area contributed by atoms with E-state index in [0.29, 0.717) is 0 Å². The van der Waals surface area contributed by atoms with Crippen LogP contribution < -0.4 is 10.1 Å². The van der Waals surface area contributed by atoms with E-state index in [0.717, 1.165) is 0 Å². The minimum atomic E-state index is -1.02. The Balaban J connectivity index is 2.87. The van der Waals surface area contributed by atoms with Gasteiger partial charge < -0.3 is 15.2 Å². The number of carboxylic acids is 1. The summed E-state index contributed by atoms with van der Waals surface area (Å²) < 4.78 is 18.6. The van der Waals surface area contributed by atoms with Gasteiger partial charge in [-0.15, -0.1) is 0 Å². The molecule has 0 spiro atoms. The van der Waals surface area contributed by atoms with Gasteiger partial charge in [0.2, 0.25) is 0 Å². The average Bonchev–Trinajstić information content (AvgIpc) is 2.30. The van der Waals surface area contributed by atoms with E-state index in [-0.39, 0.29) is 24.3 Å². The molecule has 1 unspecified atom stereocenters. The van der Waals surface area contributed by atoms with E-state index in [1.54, 1.807) is 13.8 Å². The van der Waals surface area contributed by atoms with Crippen LogP contribution >= 0.6 is 0 Å². The van der Waals surface area contributed by atoms with Crippen LogP contribution in [0.2, 0.25) is 0 Å². The Labute approximate surface area is 110 Å². The zero-order valence-electron chi connectivity index (χ0n) is 10.8. The van der Waals surface area contributed by atoms with Crippen molar-refractivity contribution >= 4 is 11.9 Å². The van der Waals surface area contributed by atoms with Gasteiger partial charge in [-0.25, -0.2) is 4.39 Å². The van der Waals surface area contributed by atoms with Crippen LogP contribution in [-0.4, -0.2) is 29.6 Å². The van der Waals surface area contributed by atoms with Crippen LogP contribution in [0.4, 0.5) is 4.39 Å². The predicted molar refractivity (Wildman–Crippen MR) is 66.8 cm³/mol. The summed E-state index contributed by atoms with van der Waals surface area (Å²) >= 11 is 0. The average molecular weight is 269 g/mol. The molecule has 1 rings (SSSR count). The van der Waals surface area contributed by atoms with E-state index < -0.39 is 23.7 Å². The van der Waals surface area contributed by atoms with Gasteiger partial charge >= 0.3 is 5.97 Å². The smallest absolute Gasteiger partial charge is 0.305 e. The highest BCUT2D eigenvalue weighted by molar-refractivity contribution is 5.97. The number of halogens is 1. The van der Waals surface area contributed by atoms with Gasteiger partial charge in [0.05, 0.1) is 18.6 Å². The van der Waals surface area contributed by atoms with Gasteiger partial charge in [0, 0.05) is 6.04 Å². The molecule has 0 aliphatic carbocycles. The number of aliphatic carboxylic acids is 1. The number of benzene rings is 1. The zero-order chi connectivity index (χ0) is 14.4. The SMILES string of the molecule is CCOc1c(F)cccc1C(=O)NC(C)CC(=O)O. The fraction of sp³-hybridized carbons (Fsp3) is 0.385. The molecule has 0 aliphatic heterocycles. The molecule has 0 bridgehead atoms. The first-order valence-electron chi connectivity index (χ1n) is 5.89. The Morgan fingerprint density at radius 1 is 1.47 bits per heavy atom. The maximum absolute atomic E-state index is 13.5. The topological polar surface area (TPSA) is 75.6 Å². The molecule has 0 radical (unpaired) electrons. The molecule has 0 heterocycles. The normalized spacial score (nSPS) is 11.7. The van der Waals surface area contributed by atoms with Crippen LogP contribution in [0.5, 0.6) is 5.75 Å². The number of amides is 1. The van der Waals surface area contributed by atoms with E-state index in [4.69, 9.17) is 9.84 Å². The molecule has 0 aromatic heterocycles. The number of rotatable bonds is 6. The van der Waals surface area contributed by atoms with Gasteiger partial charge in [-0.3, -0.25) is 9.59 Å². The highest BCUT2D eigenvalue weighted by Gasteiger charge is 2.18. The summed E-state index contributed by atoms with van der Waals surface area (Å²) in [5, 5.41) is 11.1. The third kappa shape index (κ3) is 4.24. The lowest BCUT2D eigenvalue weighted by atomic mass is 10.1. The van der Waals surface area contributed by atoms with Crippen molar-refractivity contribution in [1.82, 2.24) is 5.32 Å². The highest BCUT2D eigenvalue weighted by atomic mass is 19.1. The van der Waals surface area contributed by atoms with Gasteiger partial charge in [0.1, 0.15) is 0 Å². The molecule has 1 aromatic carbocycles. The standard InChI is InChI=1S/C13H16FNO4/c1-3-19-12-9(5-4-6-10(12)14)13(18)15-8(2)7-11(16)17/h4-6,8H,3,7H2,1-2H3,(H,15,18)(H,16,17). The van der Waals surface area contributed by atoms with E-state index >= 15 is 0 Å². The minimum Gasteiger partial charge on any atom is -0.490 e. The summed E-state index contributed by atoms with van der Waals surface area (Å²) in [5.41, 5.74) is 0.0547. The van der Waals surface area contributed by atoms with Gasteiger partial charge in [0.15, 0.2) is 11.6 Å². The van der Waals surface area contributed by atoms with Crippen LogP contribution in [0, 0.1) is 5.82 Å². The van der Waals surface area contributed by atoms with Crippen LogP contribution in [-0.2, 0) is 4.79 Å². The number of hydrogen-bond acceptors (Lipinski definition) is 3. The van der Waals surface area contributed by atoms with Crippen LogP contribution in [0.1, 0.15) is 30.6 Å². The summed E-state index contributed by atoms with van der Waals surface area (Å²) in [6.45, 7) is 3.47. The van der Waals surface area contributed by atoms with Crippen molar-refractivity contribution in [3.05, 3.63) is 29.6 Å². The molecule has 6 heteroatoms. The molecule has 104 valence electrons. The van der Waals surface area contributed by atoms with Gasteiger partial charge in [-0.1, -0.05) is 6.07 Å². The molecule has 0 saturated heterocycles. The minimum absolute atomic E-state index is 0.0547. The molecule has 0 aliphatic rings. The molecular weight excluding hydrogens is 253 g/mol. The lowest BCUT2D eigenvalue weighted by Gasteiger charge is -2.14. The number of carbonyl (C=O) groups excluding carboxylic acids is 1. The molecule has 2 N–H and O–H groups in total. The van der Waals surface area contributed by atoms with E-state index in [2.05, 4.69) is 5.32 Å². The quantitative estimate of drug-likeness (QED) is 0.826. The number of carboxylic acid groups (broad SMARTS) is 1. The highest BCUT2D eigenvalue weighted by Crippen LogP contribution is 2.22. The van der Waals surface area contributed by atoms with Gasteiger partial charge in [-0.2, -0.15) is 0 Å². The molecular formula is C13H16FNO4. The fourth-order valence-electron chi connectivity index (χ4n) is 1.59. The van der Waals surface area contributed by atoms with Crippen molar-refractivity contribution in [3.8, 4) is 5.75 Å². The van der Waals surface area contributed by atoms with Crippen molar-refractivity contribution in [2.75, 3.05) is 6.61 Å². The van der Waals surface area contributed by atoms with E-state index in [9.17, 15) is 14.0 Å². The van der Waals surface area contributed by atoms with Crippen molar-refractivity contribution in [2.45, 2.75) is 26.3 Å². The van der Waals surface area contributed by atoms with Crippen LogP contribution in [0.25, 0.3) is 0 Å². The molecule has 1 aromatic rings. The first kappa shape index (κ1) is 14.9. The lowest BCUT2D eigenvalue weighted by Crippen LogP contribution is -2.34. The van der Waals surface area contributed by atoms with Crippen molar-refractivity contribution in [2.24, 2.45) is 0 Å². The lowest BCUT2D eigenvalue weighted by molar-refractivity contribution is -0.137. The monoisotopic (exact) mass is 269 g/mol. The van der Waals surface area contributed by atoms with E-state index in [1.807, 2.05) is 0 Å². The Hall–Kier alpha value is -2.11. The molecule has 5 nitrogen and oxygen atoms in total. The Kier molecular flexibility index (Phi) is 5.29. The summed E-state index contributed by atoms with van der Waals surface area (Å²) in [7, 11) is 0. The fourth-order valence-corrected chi connectivity index (χ4v) is 1.59. The number of hydrogen-bond donors (Lipinski definition) is 2. The Morgan fingerprint density at radius 2 is 2.16 bits per heavy atom. The summed E-state index contributed by atoms with van der Waals surface area (Å²) in [6.07, 6.45) is -0.203. The predicted octanol–water partition coefficient (Wildman–Crippen LogP) is 1.82. The molecule has 19 heavy (non-hydrogen) atoms. The number of nitrogens with one attached hydrogen (secondary N) is 1. The molecule has 1 amide bonds. The number of para-hydroxylation sites is 1. The van der Waals surface area contributed by atoms with Crippen LogP contribution in [0.3, 0.4) is 0 Å². The van der Waals surface area contributed by atoms with Crippen LogP contribution in [0.15, 0.2) is 18.2 Å². The number of carbonyl (C=O) groups is 2. The summed E-state index contributed by atoms with van der Waals surface area (Å²) in [5.74, 6) is -2.32. The Bertz CT molecular complexity index is 476. The maximum Gasteiger partial charge on any atom is 0.305 e. The maximum atomic E-state index is 13.5. The van der Waals surface area contributed by atoms with Crippen molar-refractivity contribution < 1.29 is 23.8 Å². The Morgan fingerprint density at radius 3 is 2.74 bits per heavy atom. The second-order valence-corrected chi connectivity index (χ2v) is 4.02. The van der Waals surface area contributed by atoms with Gasteiger partial charge in [0.25, 0.3) is 5.91 Å². The van der Waals surface area contributed by atoms with Crippen molar-refractivity contribution in [1.29, 1.82) is 0 Å². The second-order valence-electron chi connectivity index (χ2n) is 4.02. The second kappa shape index (κ2) is 6.72. The van der Waals surface area contributed by atoms with E-state index in [1.165, 1.54) is 18.2 Å². The molecule has 0 saturated carbocycles. The third-order valence-corrected chi connectivity index (χ3v) is 2.36. The third-order valence-electron chi connectivity index (χ3n) is 2.36. The zero-order valence-corrected chi connectivity index (χ0v) is 10.8. The first-order valence-corrected chi connectivity index (χ1v) is 5.89.